The Labute approximate surface area is 138 Å². The third-order valence-corrected chi connectivity index (χ3v) is 10.7. The Hall–Kier alpha value is 0.234. The molecule has 0 spiro atoms. The maximum absolute atomic E-state index is 9.92. The molecular formula is C15H36O5Si2. The summed E-state index contributed by atoms with van der Waals surface area (Å²) in [6.07, 6.45) is 1.10. The molecule has 0 saturated heterocycles. The van der Waals surface area contributed by atoms with Crippen LogP contribution in [0.2, 0.25) is 31.7 Å². The molecule has 0 bridgehead atoms. The highest BCUT2D eigenvalue weighted by molar-refractivity contribution is 6.82. The van der Waals surface area contributed by atoms with Gasteiger partial charge in [0.25, 0.3) is 0 Å². The Morgan fingerprint density at radius 3 is 2.18 bits per heavy atom. The molecule has 0 amide bonds. The molecule has 0 aliphatic heterocycles. The lowest BCUT2D eigenvalue weighted by Gasteiger charge is -2.35. The summed E-state index contributed by atoms with van der Waals surface area (Å²) in [6.45, 7) is 12.6. The van der Waals surface area contributed by atoms with Crippen molar-refractivity contribution in [1.29, 1.82) is 0 Å². The van der Waals surface area contributed by atoms with Gasteiger partial charge in [0.2, 0.25) is 0 Å². The number of aliphatic hydroxyl groups is 2. The van der Waals surface area contributed by atoms with Crippen LogP contribution in [0.4, 0.5) is 0 Å². The molecule has 0 saturated carbocycles. The van der Waals surface area contributed by atoms with Crippen LogP contribution in [0.3, 0.4) is 0 Å². The molecule has 0 aromatic heterocycles. The summed E-state index contributed by atoms with van der Waals surface area (Å²) < 4.78 is 17.8. The van der Waals surface area contributed by atoms with E-state index in [9.17, 15) is 10.2 Å². The molecule has 134 valence electrons. The minimum Gasteiger partial charge on any atom is -0.436 e. The molecule has 0 aliphatic carbocycles. The lowest BCUT2D eigenvalue weighted by Crippen LogP contribution is -2.49. The minimum atomic E-state index is -2.15. The summed E-state index contributed by atoms with van der Waals surface area (Å²) >= 11 is 0. The Balaban J connectivity index is 4.36. The van der Waals surface area contributed by atoms with Crippen LogP contribution in [-0.4, -0.2) is 59.1 Å². The predicted octanol–water partition coefficient (Wildman–Crippen LogP) is 2.88. The van der Waals surface area contributed by atoms with Gasteiger partial charge >= 0.3 is 8.56 Å². The van der Waals surface area contributed by atoms with E-state index in [0.717, 1.165) is 24.9 Å². The number of hydrogen-bond donors (Lipinski definition) is 2. The van der Waals surface area contributed by atoms with Gasteiger partial charge in [0.05, 0.1) is 12.7 Å². The first-order valence-electron chi connectivity index (χ1n) is 8.21. The van der Waals surface area contributed by atoms with E-state index < -0.39 is 28.6 Å². The molecule has 0 aromatic carbocycles. The van der Waals surface area contributed by atoms with Crippen LogP contribution in [0.25, 0.3) is 0 Å². The van der Waals surface area contributed by atoms with Gasteiger partial charge in [-0.3, -0.25) is 0 Å². The van der Waals surface area contributed by atoms with E-state index in [-0.39, 0.29) is 6.61 Å². The van der Waals surface area contributed by atoms with Crippen LogP contribution in [0.5, 0.6) is 0 Å². The molecular weight excluding hydrogens is 316 g/mol. The Kier molecular flexibility index (Phi) is 9.61. The summed E-state index contributed by atoms with van der Waals surface area (Å²) in [4.78, 5) is 0. The third kappa shape index (κ3) is 8.76. The van der Waals surface area contributed by atoms with Crippen molar-refractivity contribution in [3.05, 3.63) is 0 Å². The van der Waals surface area contributed by atoms with Crippen molar-refractivity contribution < 1.29 is 23.5 Å². The normalized spacial score (nSPS) is 19.5. The van der Waals surface area contributed by atoms with Gasteiger partial charge in [-0.25, -0.2) is 0 Å². The maximum Gasteiger partial charge on any atom is 0.327 e. The van der Waals surface area contributed by atoms with Gasteiger partial charge in [-0.2, -0.15) is 0 Å². The smallest absolute Gasteiger partial charge is 0.327 e. The van der Waals surface area contributed by atoms with Crippen molar-refractivity contribution in [3.63, 3.8) is 0 Å². The first-order chi connectivity index (χ1) is 9.98. The van der Waals surface area contributed by atoms with Crippen molar-refractivity contribution in [3.8, 4) is 0 Å². The van der Waals surface area contributed by atoms with Gasteiger partial charge in [-0.1, -0.05) is 13.3 Å². The summed E-state index contributed by atoms with van der Waals surface area (Å²) in [6, 6.07) is 1.90. The van der Waals surface area contributed by atoms with E-state index in [1.807, 2.05) is 0 Å². The average molecular weight is 353 g/mol. The van der Waals surface area contributed by atoms with Gasteiger partial charge in [-0.15, -0.1) is 0 Å². The second-order valence-corrected chi connectivity index (χ2v) is 15.5. The zero-order valence-corrected chi connectivity index (χ0v) is 17.4. The Morgan fingerprint density at radius 2 is 1.77 bits per heavy atom. The molecule has 0 rings (SSSR count). The Morgan fingerprint density at radius 1 is 1.18 bits per heavy atom. The van der Waals surface area contributed by atoms with Gasteiger partial charge in [-0.05, 0) is 52.0 Å². The lowest BCUT2D eigenvalue weighted by atomic mass is 10.0. The summed E-state index contributed by atoms with van der Waals surface area (Å²) in [5.41, 5.74) is -1.20. The van der Waals surface area contributed by atoms with Crippen molar-refractivity contribution in [2.45, 2.75) is 77.0 Å². The number of aliphatic hydroxyl groups excluding tert-OH is 1. The van der Waals surface area contributed by atoms with E-state index >= 15 is 0 Å². The summed E-state index contributed by atoms with van der Waals surface area (Å²) in [5.74, 6) is 0. The molecule has 3 unspecified atom stereocenters. The molecule has 0 radical (unpaired) electrons. The van der Waals surface area contributed by atoms with E-state index in [4.69, 9.17) is 13.3 Å². The van der Waals surface area contributed by atoms with E-state index in [0.29, 0.717) is 6.61 Å². The quantitative estimate of drug-likeness (QED) is 0.417. The fourth-order valence-electron chi connectivity index (χ4n) is 2.25. The first kappa shape index (κ1) is 22.2. The molecule has 0 heterocycles. The number of hydrogen-bond acceptors (Lipinski definition) is 5. The molecule has 2 N–H and O–H groups in total. The maximum atomic E-state index is 9.92. The zero-order chi connectivity index (χ0) is 17.4. The van der Waals surface area contributed by atoms with Crippen LogP contribution in [0.15, 0.2) is 0 Å². The topological polar surface area (TPSA) is 68.2 Å². The molecule has 5 nitrogen and oxygen atoms in total. The highest BCUT2D eigenvalue weighted by Gasteiger charge is 2.39. The molecule has 22 heavy (non-hydrogen) atoms. The number of ether oxygens (including phenoxy) is 1. The van der Waals surface area contributed by atoms with Crippen molar-refractivity contribution >= 4 is 16.9 Å². The second-order valence-electron chi connectivity index (χ2n) is 7.27. The van der Waals surface area contributed by atoms with Crippen LogP contribution < -0.4 is 0 Å². The number of rotatable bonds is 12. The second kappa shape index (κ2) is 9.51. The largest absolute Gasteiger partial charge is 0.436 e. The molecule has 0 aromatic rings. The van der Waals surface area contributed by atoms with Gasteiger partial charge in [0.15, 0.2) is 8.32 Å². The standard InChI is InChI=1S/C15H36O5Si2/c1-8-11-22(18-4,20-21(5,6)7)12-9-10-19-13-15(3,17)14(2)16/h14,16-17H,8-13H2,1-7H3. The monoisotopic (exact) mass is 352 g/mol. The van der Waals surface area contributed by atoms with Gasteiger partial charge in [0, 0.05) is 13.7 Å². The predicted molar refractivity (Wildman–Crippen MR) is 94.8 cm³/mol. The first-order valence-corrected chi connectivity index (χ1v) is 13.9. The zero-order valence-electron chi connectivity index (χ0n) is 15.4. The van der Waals surface area contributed by atoms with Crippen molar-refractivity contribution in [1.82, 2.24) is 0 Å². The van der Waals surface area contributed by atoms with Crippen LogP contribution in [0.1, 0.15) is 33.6 Å². The molecule has 7 heteroatoms. The van der Waals surface area contributed by atoms with Crippen LogP contribution in [0, 0.1) is 0 Å². The van der Waals surface area contributed by atoms with Gasteiger partial charge < -0.3 is 23.5 Å². The fraction of sp³-hybridized carbons (Fsp3) is 1.00. The lowest BCUT2D eigenvalue weighted by molar-refractivity contribution is -0.102. The molecule has 3 atom stereocenters. The van der Waals surface area contributed by atoms with E-state index in [1.54, 1.807) is 21.0 Å². The third-order valence-electron chi connectivity index (χ3n) is 3.64. The summed E-state index contributed by atoms with van der Waals surface area (Å²) in [7, 11) is -2.03. The average Bonchev–Trinajstić information content (AvgIpc) is 2.36. The summed E-state index contributed by atoms with van der Waals surface area (Å²) in [5, 5.41) is 19.4. The van der Waals surface area contributed by atoms with Gasteiger partial charge in [0.1, 0.15) is 5.60 Å². The minimum absolute atomic E-state index is 0.134. The highest BCUT2D eigenvalue weighted by atomic mass is 28.4. The van der Waals surface area contributed by atoms with E-state index in [1.165, 1.54) is 0 Å². The molecule has 0 fully saturated rings. The van der Waals surface area contributed by atoms with Crippen LogP contribution >= 0.6 is 0 Å². The molecule has 0 aliphatic rings. The van der Waals surface area contributed by atoms with E-state index in [2.05, 4.69) is 26.6 Å². The van der Waals surface area contributed by atoms with Crippen LogP contribution in [-0.2, 0) is 13.3 Å². The SMILES string of the molecule is CCC[Si](CCCOCC(C)(O)C(C)O)(OC)O[Si](C)(C)C. The van der Waals surface area contributed by atoms with Crippen molar-refractivity contribution in [2.24, 2.45) is 0 Å². The highest BCUT2D eigenvalue weighted by Crippen LogP contribution is 2.26. The van der Waals surface area contributed by atoms with Crippen molar-refractivity contribution in [2.75, 3.05) is 20.3 Å². The Bertz CT molecular complexity index is 305. The fourth-order valence-corrected chi connectivity index (χ4v) is 9.97.